The Hall–Kier alpha value is -1.81. The first-order valence-electron chi connectivity index (χ1n) is 7.32. The lowest BCUT2D eigenvalue weighted by Gasteiger charge is -2.34. The Kier molecular flexibility index (Phi) is 2.60. The lowest BCUT2D eigenvalue weighted by atomic mass is 10.2. The van der Waals surface area contributed by atoms with Gasteiger partial charge in [-0.15, -0.1) is 0 Å². The standard InChI is InChI=1S/C16H19N3O/c1-17-14-5-3-2-4-12(14)10-15(17)16(20)19-9-8-18-7-6-13(19)11-18/h2-5,10,13H,6-9,11H2,1H3. The molecule has 0 saturated carbocycles. The van der Waals surface area contributed by atoms with Crippen molar-refractivity contribution in [2.45, 2.75) is 12.5 Å². The van der Waals surface area contributed by atoms with E-state index in [9.17, 15) is 4.79 Å². The molecule has 1 amide bonds. The molecule has 104 valence electrons. The fourth-order valence-corrected chi connectivity index (χ4v) is 3.61. The third-order valence-electron chi connectivity index (χ3n) is 4.78. The van der Waals surface area contributed by atoms with Crippen molar-refractivity contribution in [3.05, 3.63) is 36.0 Å². The minimum absolute atomic E-state index is 0.190. The molecule has 0 spiro atoms. The van der Waals surface area contributed by atoms with E-state index in [-0.39, 0.29) is 5.91 Å². The molecule has 4 rings (SSSR count). The van der Waals surface area contributed by atoms with Crippen LogP contribution in [0.5, 0.6) is 0 Å². The van der Waals surface area contributed by atoms with Gasteiger partial charge in [0.05, 0.1) is 0 Å². The van der Waals surface area contributed by atoms with Crippen LogP contribution in [0.2, 0.25) is 0 Å². The predicted octanol–water partition coefficient (Wildman–Crippen LogP) is 1.71. The first-order chi connectivity index (χ1) is 9.74. The van der Waals surface area contributed by atoms with Crippen molar-refractivity contribution in [3.63, 3.8) is 0 Å². The summed E-state index contributed by atoms with van der Waals surface area (Å²) in [5.41, 5.74) is 1.94. The third kappa shape index (κ3) is 1.68. The highest BCUT2D eigenvalue weighted by atomic mass is 16.2. The van der Waals surface area contributed by atoms with Gasteiger partial charge in [-0.1, -0.05) is 18.2 Å². The summed E-state index contributed by atoms with van der Waals surface area (Å²) in [5, 5.41) is 1.14. The van der Waals surface area contributed by atoms with Gasteiger partial charge >= 0.3 is 0 Å². The number of benzene rings is 1. The second-order valence-electron chi connectivity index (χ2n) is 5.89. The van der Waals surface area contributed by atoms with Crippen LogP contribution in [0.1, 0.15) is 16.9 Å². The Labute approximate surface area is 118 Å². The van der Waals surface area contributed by atoms with Crippen molar-refractivity contribution in [2.24, 2.45) is 7.05 Å². The van der Waals surface area contributed by atoms with E-state index in [1.165, 1.54) is 0 Å². The largest absolute Gasteiger partial charge is 0.340 e. The van der Waals surface area contributed by atoms with E-state index in [1.54, 1.807) is 0 Å². The van der Waals surface area contributed by atoms with Gasteiger partial charge in [0.1, 0.15) is 5.69 Å². The molecule has 0 aliphatic carbocycles. The second-order valence-corrected chi connectivity index (χ2v) is 5.89. The summed E-state index contributed by atoms with van der Waals surface area (Å²) >= 11 is 0. The highest BCUT2D eigenvalue weighted by molar-refractivity contribution is 5.99. The zero-order chi connectivity index (χ0) is 13.7. The maximum atomic E-state index is 12.9. The Morgan fingerprint density at radius 1 is 1.20 bits per heavy atom. The van der Waals surface area contributed by atoms with E-state index in [0.29, 0.717) is 6.04 Å². The van der Waals surface area contributed by atoms with Gasteiger partial charge in [-0.2, -0.15) is 0 Å². The maximum absolute atomic E-state index is 12.9. The van der Waals surface area contributed by atoms with Gasteiger partial charge in [0.25, 0.3) is 5.91 Å². The Balaban J connectivity index is 1.71. The van der Waals surface area contributed by atoms with Gasteiger partial charge in [-0.05, 0) is 18.6 Å². The lowest BCUT2D eigenvalue weighted by Crippen LogP contribution is -2.49. The van der Waals surface area contributed by atoms with Crippen LogP contribution in [-0.2, 0) is 7.05 Å². The topological polar surface area (TPSA) is 28.5 Å². The number of piperazine rings is 1. The normalized spacial score (nSPS) is 25.4. The van der Waals surface area contributed by atoms with Gasteiger partial charge in [0.2, 0.25) is 0 Å². The summed E-state index contributed by atoms with van der Waals surface area (Å²) in [4.78, 5) is 17.4. The average molecular weight is 269 g/mol. The quantitative estimate of drug-likeness (QED) is 0.788. The summed E-state index contributed by atoms with van der Waals surface area (Å²) in [7, 11) is 1.99. The molecule has 2 aliphatic heterocycles. The van der Waals surface area contributed by atoms with Gasteiger partial charge in [0.15, 0.2) is 0 Å². The summed E-state index contributed by atoms with van der Waals surface area (Å²) in [6.45, 7) is 4.08. The molecule has 0 radical (unpaired) electrons. The SMILES string of the molecule is Cn1c(C(=O)N2CCN3CCC2C3)cc2ccccc21. The zero-order valence-electron chi connectivity index (χ0n) is 11.7. The lowest BCUT2D eigenvalue weighted by molar-refractivity contribution is 0.0600. The molecule has 2 aliphatic rings. The monoisotopic (exact) mass is 269 g/mol. The third-order valence-corrected chi connectivity index (χ3v) is 4.78. The van der Waals surface area contributed by atoms with Crippen molar-refractivity contribution >= 4 is 16.8 Å². The molecule has 2 bridgehead atoms. The molecule has 20 heavy (non-hydrogen) atoms. The van der Waals surface area contributed by atoms with Crippen molar-refractivity contribution < 1.29 is 4.79 Å². The summed E-state index contributed by atoms with van der Waals surface area (Å²) < 4.78 is 2.03. The van der Waals surface area contributed by atoms with E-state index < -0.39 is 0 Å². The molecule has 2 unspecified atom stereocenters. The molecule has 1 aromatic heterocycles. The van der Waals surface area contributed by atoms with Crippen LogP contribution >= 0.6 is 0 Å². The van der Waals surface area contributed by atoms with Crippen LogP contribution in [0.3, 0.4) is 0 Å². The van der Waals surface area contributed by atoms with Crippen LogP contribution in [0.15, 0.2) is 30.3 Å². The number of amides is 1. The smallest absolute Gasteiger partial charge is 0.270 e. The molecule has 4 nitrogen and oxygen atoms in total. The van der Waals surface area contributed by atoms with E-state index in [1.807, 2.05) is 29.8 Å². The second kappa shape index (κ2) is 4.35. The number of aromatic nitrogens is 1. The van der Waals surface area contributed by atoms with Crippen molar-refractivity contribution in [2.75, 3.05) is 26.2 Å². The molecule has 2 atom stereocenters. The molecular weight excluding hydrogens is 250 g/mol. The van der Waals surface area contributed by atoms with E-state index in [4.69, 9.17) is 0 Å². The van der Waals surface area contributed by atoms with Crippen LogP contribution in [-0.4, -0.2) is 52.5 Å². The fraction of sp³-hybridized carbons (Fsp3) is 0.438. The van der Waals surface area contributed by atoms with E-state index in [2.05, 4.69) is 21.9 Å². The minimum Gasteiger partial charge on any atom is -0.340 e. The highest BCUT2D eigenvalue weighted by Crippen LogP contribution is 2.25. The molecule has 2 saturated heterocycles. The minimum atomic E-state index is 0.190. The van der Waals surface area contributed by atoms with Crippen LogP contribution in [0.25, 0.3) is 10.9 Å². The number of carbonyl (C=O) groups excluding carboxylic acids is 1. The van der Waals surface area contributed by atoms with Crippen molar-refractivity contribution in [1.29, 1.82) is 0 Å². The molecule has 1 aromatic carbocycles. The average Bonchev–Trinajstić information content (AvgIpc) is 3.01. The van der Waals surface area contributed by atoms with Crippen molar-refractivity contribution in [3.8, 4) is 0 Å². The number of aryl methyl sites for hydroxylation is 1. The van der Waals surface area contributed by atoms with Crippen molar-refractivity contribution in [1.82, 2.24) is 14.4 Å². The fourth-order valence-electron chi connectivity index (χ4n) is 3.61. The van der Waals surface area contributed by atoms with Crippen LogP contribution < -0.4 is 0 Å². The number of hydrogen-bond donors (Lipinski definition) is 0. The Morgan fingerprint density at radius 2 is 2.05 bits per heavy atom. The van der Waals surface area contributed by atoms with Gasteiger partial charge in [-0.3, -0.25) is 9.69 Å². The molecule has 2 fully saturated rings. The number of nitrogens with zero attached hydrogens (tertiary/aromatic N) is 3. The summed E-state index contributed by atoms with van der Waals surface area (Å²) in [6, 6.07) is 10.6. The van der Waals surface area contributed by atoms with Gasteiger partial charge < -0.3 is 9.47 Å². The summed E-state index contributed by atoms with van der Waals surface area (Å²) in [5.74, 6) is 0.190. The molecule has 0 N–H and O–H groups in total. The number of hydrogen-bond acceptors (Lipinski definition) is 2. The number of fused-ring (bicyclic) bond motifs is 3. The first-order valence-corrected chi connectivity index (χ1v) is 7.32. The Morgan fingerprint density at radius 3 is 2.90 bits per heavy atom. The van der Waals surface area contributed by atoms with Crippen LogP contribution in [0, 0.1) is 0 Å². The van der Waals surface area contributed by atoms with Gasteiger partial charge in [0, 0.05) is 50.2 Å². The Bertz CT molecular complexity index is 675. The molecule has 3 heterocycles. The number of rotatable bonds is 1. The predicted molar refractivity (Wildman–Crippen MR) is 78.8 cm³/mol. The number of para-hydroxylation sites is 1. The first kappa shape index (κ1) is 12.0. The van der Waals surface area contributed by atoms with E-state index >= 15 is 0 Å². The van der Waals surface area contributed by atoms with E-state index in [0.717, 1.165) is 49.2 Å². The zero-order valence-corrected chi connectivity index (χ0v) is 11.7. The molecule has 2 aromatic rings. The number of carbonyl (C=O) groups is 1. The molecular formula is C16H19N3O. The summed E-state index contributed by atoms with van der Waals surface area (Å²) in [6.07, 6.45) is 1.12. The maximum Gasteiger partial charge on any atom is 0.270 e. The molecule has 4 heteroatoms. The van der Waals surface area contributed by atoms with Crippen LogP contribution in [0.4, 0.5) is 0 Å². The highest BCUT2D eigenvalue weighted by Gasteiger charge is 2.36. The van der Waals surface area contributed by atoms with Gasteiger partial charge in [-0.25, -0.2) is 0 Å².